The average molecular weight is 786 g/mol. The smallest absolute Gasteiger partial charge is 0.351 e. The number of rotatable bonds is 14. The zero-order valence-corrected chi connectivity index (χ0v) is 33.2. The zero-order chi connectivity index (χ0) is 40.8. The summed E-state index contributed by atoms with van der Waals surface area (Å²) in [6, 6.07) is 57.7. The maximum absolute atomic E-state index is 14.5. The van der Waals surface area contributed by atoms with Crippen molar-refractivity contribution in [2.24, 2.45) is 5.92 Å². The number of aromatic nitrogens is 2. The fraction of sp³-hybridized carbons (Fsp3) is 0.200. The molecule has 8 rings (SSSR count). The van der Waals surface area contributed by atoms with E-state index in [2.05, 4.69) is 34.6 Å². The molecule has 7 aromatic rings. The largest absolute Gasteiger partial charge is 0.497 e. The first-order valence-corrected chi connectivity index (χ1v) is 19.7. The molecule has 4 atom stereocenters. The minimum Gasteiger partial charge on any atom is -0.497 e. The van der Waals surface area contributed by atoms with Crippen LogP contribution in [0.1, 0.15) is 46.5 Å². The Hall–Kier alpha value is -6.52. The van der Waals surface area contributed by atoms with Gasteiger partial charge in [0.15, 0.2) is 6.23 Å². The van der Waals surface area contributed by atoms with E-state index in [4.69, 9.17) is 18.9 Å². The molecular formula is C50H47N3O6. The maximum atomic E-state index is 14.5. The number of hydrogen-bond acceptors (Lipinski definition) is 8. The highest BCUT2D eigenvalue weighted by Gasteiger charge is 2.50. The Kier molecular flexibility index (Phi) is 11.4. The minimum atomic E-state index is -1.15. The number of ether oxygens (including phenoxy) is 4. The highest BCUT2D eigenvalue weighted by Crippen LogP contribution is 2.47. The van der Waals surface area contributed by atoms with Gasteiger partial charge in [-0.2, -0.15) is 4.98 Å². The predicted molar refractivity (Wildman–Crippen MR) is 229 cm³/mol. The van der Waals surface area contributed by atoms with Gasteiger partial charge in [-0.15, -0.1) is 0 Å². The molecule has 1 aliphatic heterocycles. The van der Waals surface area contributed by atoms with Gasteiger partial charge in [-0.3, -0.25) is 4.57 Å². The molecule has 0 saturated carbocycles. The number of hydrogen-bond donors (Lipinski definition) is 2. The highest BCUT2D eigenvalue weighted by atomic mass is 16.6. The summed E-state index contributed by atoms with van der Waals surface area (Å²) in [5.41, 5.74) is 2.81. The summed E-state index contributed by atoms with van der Waals surface area (Å²) in [5, 5.41) is 14.3. The summed E-state index contributed by atoms with van der Waals surface area (Å²) in [5.74, 6) is 1.46. The van der Waals surface area contributed by atoms with Crippen molar-refractivity contribution in [1.82, 2.24) is 9.55 Å². The van der Waals surface area contributed by atoms with E-state index in [9.17, 15) is 9.90 Å². The molecule has 1 aliphatic rings. The number of methoxy groups -OCH3 is 2. The lowest BCUT2D eigenvalue weighted by atomic mass is 9.77. The van der Waals surface area contributed by atoms with E-state index >= 15 is 0 Å². The molecule has 2 heterocycles. The molecule has 0 aliphatic carbocycles. The van der Waals surface area contributed by atoms with Gasteiger partial charge in [-0.1, -0.05) is 153 Å². The fourth-order valence-electron chi connectivity index (χ4n) is 8.33. The van der Waals surface area contributed by atoms with Gasteiger partial charge in [0.05, 0.1) is 26.9 Å². The Morgan fingerprint density at radius 3 is 1.49 bits per heavy atom. The van der Waals surface area contributed by atoms with Crippen molar-refractivity contribution in [3.63, 3.8) is 0 Å². The van der Waals surface area contributed by atoms with Crippen molar-refractivity contribution in [3.05, 3.63) is 226 Å². The van der Waals surface area contributed by atoms with Crippen molar-refractivity contribution in [2.75, 3.05) is 26.1 Å². The van der Waals surface area contributed by atoms with E-state index in [1.54, 1.807) is 26.5 Å². The maximum Gasteiger partial charge on any atom is 0.351 e. The van der Waals surface area contributed by atoms with Crippen molar-refractivity contribution in [1.29, 1.82) is 0 Å². The van der Waals surface area contributed by atoms with Crippen LogP contribution in [0, 0.1) is 5.92 Å². The molecule has 2 N–H and O–H groups in total. The van der Waals surface area contributed by atoms with Crippen LogP contribution in [0.2, 0.25) is 0 Å². The molecule has 59 heavy (non-hydrogen) atoms. The minimum absolute atomic E-state index is 0.260. The van der Waals surface area contributed by atoms with Crippen LogP contribution in [0.4, 0.5) is 5.82 Å². The second-order valence-corrected chi connectivity index (χ2v) is 14.7. The standard InChI is InChI=1S/C50H47N3O6/c1-35-44(34-54)58-47(46(35)59-50(39-20-12-6-13-21-39,40-22-14-7-15-23-40)41-26-30-43(57-3)31-27-41)53-33-32-45(51-48(53)55)52-49(36-16-8-4-9-17-36,37-18-10-5-11-19-37)38-24-28-42(56-2)29-25-38/h4-33,35,44,46-47,54H,34H2,1-3H3,(H,51,52,55)/t35-,44-,46+,47-/m1/s1. The molecule has 0 spiro atoms. The van der Waals surface area contributed by atoms with Gasteiger partial charge in [-0.25, -0.2) is 4.79 Å². The van der Waals surface area contributed by atoms with Crippen LogP contribution in [0.25, 0.3) is 0 Å². The second kappa shape index (κ2) is 17.1. The lowest BCUT2D eigenvalue weighted by Crippen LogP contribution is -2.43. The fourth-order valence-corrected chi connectivity index (χ4v) is 8.33. The average Bonchev–Trinajstić information content (AvgIpc) is 3.62. The van der Waals surface area contributed by atoms with Gasteiger partial charge in [0.1, 0.15) is 34.6 Å². The normalized spacial score (nSPS) is 18.0. The first-order chi connectivity index (χ1) is 28.9. The summed E-state index contributed by atoms with van der Waals surface area (Å²) < 4.78 is 26.6. The first kappa shape index (κ1) is 39.3. The number of aliphatic hydroxyl groups is 1. The topological polar surface area (TPSA) is 104 Å². The zero-order valence-electron chi connectivity index (χ0n) is 33.2. The SMILES string of the molecule is COc1ccc(C(Nc2ccn([C@@H]3O[C@H](CO)[C@@H](C)[C@@H]3OC(c3ccccc3)(c3ccccc3)c3ccc(OC)cc3)c(=O)n2)(c2ccccc2)c2ccccc2)cc1. The predicted octanol–water partition coefficient (Wildman–Crippen LogP) is 8.57. The van der Waals surface area contributed by atoms with Crippen molar-refractivity contribution in [2.45, 2.75) is 36.5 Å². The van der Waals surface area contributed by atoms with Crippen LogP contribution in [-0.2, 0) is 20.6 Å². The van der Waals surface area contributed by atoms with Crippen molar-refractivity contribution in [3.8, 4) is 11.5 Å². The third-order valence-electron chi connectivity index (χ3n) is 11.4. The van der Waals surface area contributed by atoms with Gasteiger partial charge < -0.3 is 29.4 Å². The number of benzene rings is 6. The quantitative estimate of drug-likeness (QED) is 0.106. The lowest BCUT2D eigenvalue weighted by Gasteiger charge is -2.40. The highest BCUT2D eigenvalue weighted by molar-refractivity contribution is 5.58. The third-order valence-corrected chi connectivity index (χ3v) is 11.4. The lowest BCUT2D eigenvalue weighted by molar-refractivity contribution is -0.115. The Balaban J connectivity index is 1.24. The number of aliphatic hydroxyl groups excluding tert-OH is 1. The Morgan fingerprint density at radius 1 is 0.627 bits per heavy atom. The number of nitrogens with zero attached hydrogens (tertiary/aromatic N) is 2. The van der Waals surface area contributed by atoms with Crippen LogP contribution >= 0.6 is 0 Å². The van der Waals surface area contributed by atoms with E-state index in [0.29, 0.717) is 11.6 Å². The summed E-state index contributed by atoms with van der Waals surface area (Å²) >= 11 is 0. The van der Waals surface area contributed by atoms with E-state index in [-0.39, 0.29) is 12.5 Å². The second-order valence-electron chi connectivity index (χ2n) is 14.7. The molecule has 1 aromatic heterocycles. The molecule has 6 aromatic carbocycles. The van der Waals surface area contributed by atoms with E-state index < -0.39 is 35.3 Å². The number of nitrogens with one attached hydrogen (secondary N) is 1. The summed E-state index contributed by atoms with van der Waals surface area (Å²) in [7, 11) is 3.28. The Labute approximate surface area is 344 Å². The summed E-state index contributed by atoms with van der Waals surface area (Å²) in [6.07, 6.45) is -0.579. The Morgan fingerprint density at radius 2 is 1.05 bits per heavy atom. The summed E-state index contributed by atoms with van der Waals surface area (Å²) in [6.45, 7) is 1.72. The van der Waals surface area contributed by atoms with Crippen LogP contribution in [0.5, 0.6) is 11.5 Å². The molecule has 9 nitrogen and oxygen atoms in total. The van der Waals surface area contributed by atoms with Crippen LogP contribution in [-0.4, -0.2) is 47.7 Å². The monoisotopic (exact) mass is 785 g/mol. The van der Waals surface area contributed by atoms with Gasteiger partial charge in [0.2, 0.25) is 0 Å². The van der Waals surface area contributed by atoms with Crippen LogP contribution < -0.4 is 20.5 Å². The van der Waals surface area contributed by atoms with E-state index in [1.807, 2.05) is 153 Å². The third kappa shape index (κ3) is 7.40. The Bertz CT molecular complexity index is 2400. The first-order valence-electron chi connectivity index (χ1n) is 19.7. The van der Waals surface area contributed by atoms with Crippen molar-refractivity contribution < 1.29 is 24.1 Å². The van der Waals surface area contributed by atoms with Gasteiger partial charge in [-0.05, 0) is 63.7 Å². The van der Waals surface area contributed by atoms with Gasteiger partial charge in [0, 0.05) is 12.1 Å². The molecule has 0 radical (unpaired) electrons. The van der Waals surface area contributed by atoms with Crippen molar-refractivity contribution >= 4 is 5.82 Å². The molecule has 1 saturated heterocycles. The van der Waals surface area contributed by atoms with Gasteiger partial charge in [0.25, 0.3) is 0 Å². The van der Waals surface area contributed by atoms with Gasteiger partial charge >= 0.3 is 5.69 Å². The van der Waals surface area contributed by atoms with Crippen LogP contribution in [0.3, 0.4) is 0 Å². The summed E-state index contributed by atoms with van der Waals surface area (Å²) in [4.78, 5) is 19.2. The molecule has 0 unspecified atom stereocenters. The van der Waals surface area contributed by atoms with E-state index in [1.165, 1.54) is 4.57 Å². The molecule has 298 valence electrons. The molecule has 0 amide bonds. The molecule has 0 bridgehead atoms. The van der Waals surface area contributed by atoms with E-state index in [0.717, 1.165) is 39.1 Å². The molecular weight excluding hydrogens is 739 g/mol. The van der Waals surface area contributed by atoms with Crippen LogP contribution in [0.15, 0.2) is 187 Å². The number of anilines is 1. The molecule has 1 fully saturated rings. The molecule has 9 heteroatoms.